The van der Waals surface area contributed by atoms with E-state index in [4.69, 9.17) is 9.47 Å². The monoisotopic (exact) mass is 301 g/mol. The molecular weight excluding hydrogens is 286 g/mol. The number of nitro benzene ring substituents is 1. The fraction of sp³-hybridized carbons (Fsp3) is 0.188. The van der Waals surface area contributed by atoms with Crippen LogP contribution in [0, 0.1) is 10.1 Å². The van der Waals surface area contributed by atoms with Crippen molar-refractivity contribution in [2.45, 2.75) is 13.0 Å². The molecule has 0 aliphatic rings. The summed E-state index contributed by atoms with van der Waals surface area (Å²) in [7, 11) is 1.50. The number of aldehydes is 1. The Morgan fingerprint density at radius 2 is 1.95 bits per heavy atom. The topological polar surface area (TPSA) is 78.7 Å². The first-order valence-electron chi connectivity index (χ1n) is 6.59. The van der Waals surface area contributed by atoms with E-state index < -0.39 is 11.0 Å². The Morgan fingerprint density at radius 1 is 1.18 bits per heavy atom. The average molecular weight is 301 g/mol. The minimum atomic E-state index is -0.455. The van der Waals surface area contributed by atoms with Crippen molar-refractivity contribution in [3.63, 3.8) is 0 Å². The maximum Gasteiger partial charge on any atom is 0.269 e. The zero-order valence-corrected chi connectivity index (χ0v) is 12.2. The summed E-state index contributed by atoms with van der Waals surface area (Å²) < 4.78 is 11.0. The van der Waals surface area contributed by atoms with Gasteiger partial charge in [0.05, 0.1) is 12.0 Å². The zero-order valence-electron chi connectivity index (χ0n) is 12.2. The predicted octanol–water partition coefficient (Wildman–Crippen LogP) is 3.56. The molecule has 0 saturated heterocycles. The number of hydrogen-bond acceptors (Lipinski definition) is 5. The van der Waals surface area contributed by atoms with Crippen LogP contribution >= 0.6 is 0 Å². The van der Waals surface area contributed by atoms with Gasteiger partial charge in [-0.15, -0.1) is 0 Å². The minimum absolute atomic E-state index is 0.00144. The Morgan fingerprint density at radius 3 is 2.59 bits per heavy atom. The molecule has 0 spiro atoms. The van der Waals surface area contributed by atoms with E-state index in [0.717, 1.165) is 0 Å². The van der Waals surface area contributed by atoms with Crippen molar-refractivity contribution in [2.75, 3.05) is 7.11 Å². The smallest absolute Gasteiger partial charge is 0.269 e. The molecule has 0 fully saturated rings. The van der Waals surface area contributed by atoms with Crippen molar-refractivity contribution in [3.05, 3.63) is 63.7 Å². The van der Waals surface area contributed by atoms with Crippen LogP contribution in [-0.4, -0.2) is 18.3 Å². The number of hydrogen-bond donors (Lipinski definition) is 0. The zero-order chi connectivity index (χ0) is 16.1. The molecule has 0 saturated carbocycles. The first-order valence-corrected chi connectivity index (χ1v) is 6.59. The predicted molar refractivity (Wildman–Crippen MR) is 80.5 cm³/mol. The molecule has 0 bridgehead atoms. The van der Waals surface area contributed by atoms with Crippen molar-refractivity contribution < 1.29 is 19.2 Å². The summed E-state index contributed by atoms with van der Waals surface area (Å²) in [6.07, 6.45) is 0.278. The van der Waals surface area contributed by atoms with E-state index in [2.05, 4.69) is 0 Å². The normalized spacial score (nSPS) is 11.5. The highest BCUT2D eigenvalue weighted by Crippen LogP contribution is 2.32. The van der Waals surface area contributed by atoms with Gasteiger partial charge in [0.2, 0.25) is 0 Å². The molecule has 1 atom stereocenters. The molecule has 0 amide bonds. The minimum Gasteiger partial charge on any atom is -0.493 e. The van der Waals surface area contributed by atoms with E-state index in [1.807, 2.05) is 0 Å². The van der Waals surface area contributed by atoms with Crippen LogP contribution in [0.3, 0.4) is 0 Å². The highest BCUT2D eigenvalue weighted by molar-refractivity contribution is 5.76. The van der Waals surface area contributed by atoms with Gasteiger partial charge in [-0.25, -0.2) is 0 Å². The van der Waals surface area contributed by atoms with Gasteiger partial charge in [0.15, 0.2) is 11.5 Å². The standard InChI is InChI=1S/C16H15NO5/c1-11(13-4-3-5-14(9-13)17(19)20)22-16-8-12(10-18)6-7-15(16)21-2/h3-11H,1-2H3/t11-/m1/s1. The van der Waals surface area contributed by atoms with Gasteiger partial charge in [0.25, 0.3) is 5.69 Å². The van der Waals surface area contributed by atoms with Crippen molar-refractivity contribution in [3.8, 4) is 11.5 Å². The molecule has 6 heteroatoms. The van der Waals surface area contributed by atoms with Gasteiger partial charge in [0.1, 0.15) is 12.4 Å². The Balaban J connectivity index is 2.28. The largest absolute Gasteiger partial charge is 0.493 e. The van der Waals surface area contributed by atoms with Crippen LogP contribution in [0.15, 0.2) is 42.5 Å². The number of ether oxygens (including phenoxy) is 2. The first kappa shape index (κ1) is 15.5. The molecule has 0 radical (unpaired) electrons. The number of nitrogens with zero attached hydrogens (tertiary/aromatic N) is 1. The lowest BCUT2D eigenvalue weighted by Crippen LogP contribution is -2.05. The third kappa shape index (κ3) is 3.41. The van der Waals surface area contributed by atoms with Crippen molar-refractivity contribution in [1.82, 2.24) is 0 Å². The van der Waals surface area contributed by atoms with E-state index in [-0.39, 0.29) is 5.69 Å². The van der Waals surface area contributed by atoms with Crippen LogP contribution in [0.4, 0.5) is 5.69 Å². The Kier molecular flexibility index (Phi) is 4.73. The molecule has 114 valence electrons. The number of non-ortho nitro benzene ring substituents is 1. The molecule has 0 aliphatic heterocycles. The molecule has 0 N–H and O–H groups in total. The summed E-state index contributed by atoms with van der Waals surface area (Å²) in [6.45, 7) is 1.77. The molecule has 22 heavy (non-hydrogen) atoms. The van der Waals surface area contributed by atoms with E-state index in [9.17, 15) is 14.9 Å². The van der Waals surface area contributed by atoms with E-state index in [1.54, 1.807) is 37.3 Å². The van der Waals surface area contributed by atoms with Gasteiger partial charge >= 0.3 is 0 Å². The fourth-order valence-electron chi connectivity index (χ4n) is 2.01. The van der Waals surface area contributed by atoms with Crippen molar-refractivity contribution in [1.29, 1.82) is 0 Å². The first-order chi connectivity index (χ1) is 10.5. The second kappa shape index (κ2) is 6.71. The fourth-order valence-corrected chi connectivity index (χ4v) is 2.01. The summed E-state index contributed by atoms with van der Waals surface area (Å²) in [4.78, 5) is 21.2. The summed E-state index contributed by atoms with van der Waals surface area (Å²) in [5, 5.41) is 10.8. The van der Waals surface area contributed by atoms with Crippen LogP contribution in [-0.2, 0) is 0 Å². The number of nitro groups is 1. The Labute approximate surface area is 127 Å². The summed E-state index contributed by atoms with van der Waals surface area (Å²) >= 11 is 0. The van der Waals surface area contributed by atoms with Gasteiger partial charge in [0, 0.05) is 17.7 Å². The van der Waals surface area contributed by atoms with Crippen LogP contribution < -0.4 is 9.47 Å². The van der Waals surface area contributed by atoms with Crippen LogP contribution in [0.25, 0.3) is 0 Å². The van der Waals surface area contributed by atoms with E-state index in [1.165, 1.54) is 19.2 Å². The Bertz CT molecular complexity index is 699. The van der Waals surface area contributed by atoms with Crippen molar-refractivity contribution >= 4 is 12.0 Å². The SMILES string of the molecule is COc1ccc(C=O)cc1O[C@H](C)c1cccc([N+](=O)[O-])c1. The highest BCUT2D eigenvalue weighted by atomic mass is 16.6. The van der Waals surface area contributed by atoms with Gasteiger partial charge < -0.3 is 9.47 Å². The third-order valence-electron chi connectivity index (χ3n) is 3.18. The van der Waals surface area contributed by atoms with Gasteiger partial charge in [-0.1, -0.05) is 12.1 Å². The number of methoxy groups -OCH3 is 1. The van der Waals surface area contributed by atoms with Crippen LogP contribution in [0.5, 0.6) is 11.5 Å². The third-order valence-corrected chi connectivity index (χ3v) is 3.18. The molecule has 0 unspecified atom stereocenters. The lowest BCUT2D eigenvalue weighted by Gasteiger charge is -2.17. The summed E-state index contributed by atoms with van der Waals surface area (Å²) in [5.74, 6) is 0.897. The van der Waals surface area contributed by atoms with E-state index in [0.29, 0.717) is 28.9 Å². The summed E-state index contributed by atoms with van der Waals surface area (Å²) in [5.41, 5.74) is 1.12. The highest BCUT2D eigenvalue weighted by Gasteiger charge is 2.15. The second-order valence-electron chi connectivity index (χ2n) is 4.64. The molecule has 0 aromatic heterocycles. The van der Waals surface area contributed by atoms with Crippen LogP contribution in [0.2, 0.25) is 0 Å². The second-order valence-corrected chi connectivity index (χ2v) is 4.64. The molecular formula is C16H15NO5. The molecule has 0 heterocycles. The van der Waals surface area contributed by atoms with Gasteiger partial charge in [-0.05, 0) is 30.7 Å². The molecule has 6 nitrogen and oxygen atoms in total. The number of rotatable bonds is 6. The van der Waals surface area contributed by atoms with Gasteiger partial charge in [-0.2, -0.15) is 0 Å². The lowest BCUT2D eigenvalue weighted by molar-refractivity contribution is -0.385. The quantitative estimate of drug-likeness (QED) is 0.463. The number of carbonyl (C=O) groups excluding carboxylic acids is 1. The lowest BCUT2D eigenvalue weighted by atomic mass is 10.1. The summed E-state index contributed by atoms with van der Waals surface area (Å²) in [6, 6.07) is 11.1. The van der Waals surface area contributed by atoms with E-state index >= 15 is 0 Å². The number of benzene rings is 2. The van der Waals surface area contributed by atoms with Crippen molar-refractivity contribution in [2.24, 2.45) is 0 Å². The maximum atomic E-state index is 10.9. The average Bonchev–Trinajstić information content (AvgIpc) is 2.54. The number of carbonyl (C=O) groups is 1. The van der Waals surface area contributed by atoms with Crippen LogP contribution in [0.1, 0.15) is 28.9 Å². The molecule has 0 aliphatic carbocycles. The maximum absolute atomic E-state index is 10.9. The molecule has 2 aromatic rings. The Hall–Kier alpha value is -2.89. The molecule has 2 rings (SSSR count). The van der Waals surface area contributed by atoms with Gasteiger partial charge in [-0.3, -0.25) is 14.9 Å². The molecule has 2 aromatic carbocycles.